The number of hydrogen-bond acceptors (Lipinski definition) is 5. The van der Waals surface area contributed by atoms with Gasteiger partial charge in [-0.1, -0.05) is 12.1 Å². The largest absolute Gasteiger partial charge is 0.490 e. The summed E-state index contributed by atoms with van der Waals surface area (Å²) >= 11 is 0. The van der Waals surface area contributed by atoms with Gasteiger partial charge in [0.15, 0.2) is 6.23 Å². The Bertz CT molecular complexity index is 685. The van der Waals surface area contributed by atoms with Gasteiger partial charge in [0.05, 0.1) is 11.7 Å². The summed E-state index contributed by atoms with van der Waals surface area (Å²) in [6, 6.07) is 4.13. The minimum absolute atomic E-state index is 0.129. The topological polar surface area (TPSA) is 95.9 Å². The molecule has 0 saturated carbocycles. The predicted octanol–water partition coefficient (Wildman–Crippen LogP) is 0.726. The number of hydrogen-bond donors (Lipinski definition) is 2. The van der Waals surface area contributed by atoms with Crippen LogP contribution in [0.15, 0.2) is 18.2 Å². The number of nitrogens with zero attached hydrogens (tertiary/aromatic N) is 1. The molecule has 1 aromatic carbocycles. The van der Waals surface area contributed by atoms with Crippen molar-refractivity contribution in [3.8, 4) is 5.75 Å². The number of carbonyl (C=O) groups excluding carboxylic acids is 3. The lowest BCUT2D eigenvalue weighted by Crippen LogP contribution is -2.53. The molecule has 2 unspecified atom stereocenters. The van der Waals surface area contributed by atoms with Gasteiger partial charge >= 0.3 is 0 Å². The van der Waals surface area contributed by atoms with E-state index in [1.54, 1.807) is 18.2 Å². The fourth-order valence-corrected chi connectivity index (χ4v) is 2.99. The highest BCUT2D eigenvalue weighted by atomic mass is 16.5. The van der Waals surface area contributed by atoms with E-state index in [9.17, 15) is 19.5 Å². The van der Waals surface area contributed by atoms with Gasteiger partial charge in [0.25, 0.3) is 5.91 Å². The first kappa shape index (κ1) is 15.5. The summed E-state index contributed by atoms with van der Waals surface area (Å²) in [4.78, 5) is 37.2. The Hall–Kier alpha value is -2.41. The number of fused-ring (bicyclic) bond motifs is 1. The SMILES string of the molecule is CC(C)Oc1cccc2c1C(=O)N(C1CCC(=O)NC1=O)C2O. The van der Waals surface area contributed by atoms with Gasteiger partial charge in [-0.15, -0.1) is 0 Å². The summed E-state index contributed by atoms with van der Waals surface area (Å²) in [6.07, 6.45) is -1.02. The Morgan fingerprint density at radius 3 is 2.70 bits per heavy atom. The molecule has 1 saturated heterocycles. The highest BCUT2D eigenvalue weighted by Crippen LogP contribution is 2.39. The van der Waals surface area contributed by atoms with Crippen LogP contribution in [0.1, 0.15) is 48.8 Å². The van der Waals surface area contributed by atoms with Crippen LogP contribution < -0.4 is 10.1 Å². The van der Waals surface area contributed by atoms with Gasteiger partial charge in [-0.2, -0.15) is 0 Å². The maximum atomic E-state index is 12.8. The molecular weight excluding hydrogens is 300 g/mol. The summed E-state index contributed by atoms with van der Waals surface area (Å²) in [5.74, 6) is -1.00. The Labute approximate surface area is 133 Å². The van der Waals surface area contributed by atoms with E-state index in [2.05, 4.69) is 5.32 Å². The van der Waals surface area contributed by atoms with E-state index < -0.39 is 24.1 Å². The lowest BCUT2D eigenvalue weighted by molar-refractivity contribution is -0.139. The zero-order valence-electron chi connectivity index (χ0n) is 12.9. The summed E-state index contributed by atoms with van der Waals surface area (Å²) in [7, 11) is 0. The minimum atomic E-state index is -1.22. The molecule has 7 heteroatoms. The lowest BCUT2D eigenvalue weighted by Gasteiger charge is -2.31. The van der Waals surface area contributed by atoms with Crippen LogP contribution in [-0.4, -0.2) is 39.9 Å². The summed E-state index contributed by atoms with van der Waals surface area (Å²) < 4.78 is 5.64. The van der Waals surface area contributed by atoms with Gasteiger partial charge in [-0.05, 0) is 26.3 Å². The third kappa shape index (κ3) is 2.57. The molecule has 1 aromatic rings. The molecule has 2 aliphatic heterocycles. The van der Waals surface area contributed by atoms with Crippen molar-refractivity contribution in [1.82, 2.24) is 10.2 Å². The molecule has 0 spiro atoms. The number of ether oxygens (including phenoxy) is 1. The van der Waals surface area contributed by atoms with Crippen LogP contribution in [-0.2, 0) is 9.59 Å². The van der Waals surface area contributed by atoms with Crippen LogP contribution in [0.5, 0.6) is 5.75 Å². The second-order valence-corrected chi connectivity index (χ2v) is 5.94. The Morgan fingerprint density at radius 1 is 1.30 bits per heavy atom. The molecule has 0 aromatic heterocycles. The van der Waals surface area contributed by atoms with Crippen LogP contribution in [0.25, 0.3) is 0 Å². The Morgan fingerprint density at radius 2 is 2.04 bits per heavy atom. The number of aliphatic hydroxyl groups is 1. The van der Waals surface area contributed by atoms with Gasteiger partial charge in [0, 0.05) is 12.0 Å². The van der Waals surface area contributed by atoms with E-state index in [4.69, 9.17) is 4.74 Å². The van der Waals surface area contributed by atoms with Gasteiger partial charge in [0.1, 0.15) is 11.8 Å². The van der Waals surface area contributed by atoms with E-state index >= 15 is 0 Å². The van der Waals surface area contributed by atoms with Gasteiger partial charge in [-0.3, -0.25) is 24.6 Å². The number of piperidine rings is 1. The molecule has 3 rings (SSSR count). The Balaban J connectivity index is 1.96. The van der Waals surface area contributed by atoms with Gasteiger partial charge in [-0.25, -0.2) is 0 Å². The third-order valence-corrected chi connectivity index (χ3v) is 3.96. The van der Waals surface area contributed by atoms with Gasteiger partial charge in [0.2, 0.25) is 11.8 Å². The smallest absolute Gasteiger partial charge is 0.261 e. The fraction of sp³-hybridized carbons (Fsp3) is 0.438. The fourth-order valence-electron chi connectivity index (χ4n) is 2.99. The van der Waals surface area contributed by atoms with Crippen molar-refractivity contribution in [2.75, 3.05) is 0 Å². The second-order valence-electron chi connectivity index (χ2n) is 5.94. The zero-order chi connectivity index (χ0) is 16.7. The molecule has 0 radical (unpaired) electrons. The number of aliphatic hydroxyl groups excluding tert-OH is 1. The molecule has 0 bridgehead atoms. The molecule has 0 aliphatic carbocycles. The second kappa shape index (κ2) is 5.66. The van der Waals surface area contributed by atoms with E-state index in [0.29, 0.717) is 11.3 Å². The average Bonchev–Trinajstić information content (AvgIpc) is 2.72. The zero-order valence-corrected chi connectivity index (χ0v) is 12.9. The van der Waals surface area contributed by atoms with Crippen molar-refractivity contribution < 1.29 is 24.2 Å². The number of rotatable bonds is 3. The molecule has 23 heavy (non-hydrogen) atoms. The van der Waals surface area contributed by atoms with E-state index in [0.717, 1.165) is 4.90 Å². The van der Waals surface area contributed by atoms with Crippen molar-refractivity contribution in [3.05, 3.63) is 29.3 Å². The van der Waals surface area contributed by atoms with Crippen LogP contribution in [0.2, 0.25) is 0 Å². The highest BCUT2D eigenvalue weighted by molar-refractivity contribution is 6.06. The van der Waals surface area contributed by atoms with Crippen molar-refractivity contribution in [1.29, 1.82) is 0 Å². The number of carbonyl (C=O) groups is 3. The molecule has 1 fully saturated rings. The number of nitrogens with one attached hydrogen (secondary N) is 1. The van der Waals surface area contributed by atoms with E-state index in [1.807, 2.05) is 13.8 Å². The van der Waals surface area contributed by atoms with Crippen LogP contribution in [0.3, 0.4) is 0 Å². The summed E-state index contributed by atoms with van der Waals surface area (Å²) in [5, 5.41) is 12.7. The minimum Gasteiger partial charge on any atom is -0.490 e. The standard InChI is InChI=1S/C16H18N2O5/c1-8(2)23-11-5-3-4-9-13(11)16(22)18(15(9)21)10-6-7-12(19)17-14(10)20/h3-5,8,10,15,21H,6-7H2,1-2H3,(H,17,19,20). The predicted molar refractivity (Wildman–Crippen MR) is 79.5 cm³/mol. The highest BCUT2D eigenvalue weighted by Gasteiger charge is 2.45. The first-order valence-corrected chi connectivity index (χ1v) is 7.54. The molecule has 2 N–H and O–H groups in total. The van der Waals surface area contributed by atoms with Crippen molar-refractivity contribution >= 4 is 17.7 Å². The average molecular weight is 318 g/mol. The van der Waals surface area contributed by atoms with E-state index in [-0.39, 0.29) is 30.4 Å². The first-order valence-electron chi connectivity index (χ1n) is 7.54. The molecule has 2 heterocycles. The molecule has 7 nitrogen and oxygen atoms in total. The monoisotopic (exact) mass is 318 g/mol. The van der Waals surface area contributed by atoms with Crippen LogP contribution >= 0.6 is 0 Å². The van der Waals surface area contributed by atoms with Crippen molar-refractivity contribution in [3.63, 3.8) is 0 Å². The lowest BCUT2D eigenvalue weighted by atomic mass is 10.0. The normalized spacial score (nSPS) is 24.0. The molecule has 122 valence electrons. The van der Waals surface area contributed by atoms with E-state index in [1.165, 1.54) is 0 Å². The number of imide groups is 1. The Kier molecular flexibility index (Phi) is 3.81. The molecule has 3 amide bonds. The van der Waals surface area contributed by atoms with Gasteiger partial charge < -0.3 is 9.84 Å². The maximum Gasteiger partial charge on any atom is 0.261 e. The number of amides is 3. The van der Waals surface area contributed by atoms with Crippen molar-refractivity contribution in [2.45, 2.75) is 45.1 Å². The third-order valence-electron chi connectivity index (χ3n) is 3.96. The van der Waals surface area contributed by atoms with Crippen LogP contribution in [0.4, 0.5) is 0 Å². The summed E-state index contributed by atoms with van der Waals surface area (Å²) in [5.41, 5.74) is 0.691. The van der Waals surface area contributed by atoms with Crippen LogP contribution in [0, 0.1) is 0 Å². The number of benzene rings is 1. The maximum absolute atomic E-state index is 12.8. The molecule has 2 aliphatic rings. The van der Waals surface area contributed by atoms with Crippen molar-refractivity contribution in [2.24, 2.45) is 0 Å². The molecule has 2 atom stereocenters. The first-order chi connectivity index (χ1) is 10.9. The summed E-state index contributed by atoms with van der Waals surface area (Å²) in [6.45, 7) is 3.68. The quantitative estimate of drug-likeness (QED) is 0.801. The molecular formula is C16H18N2O5.